The van der Waals surface area contributed by atoms with Crippen LogP contribution < -0.4 is 9.47 Å². The average molecular weight is 303 g/mol. The minimum atomic E-state index is -0.619. The maximum absolute atomic E-state index is 11.3. The Kier molecular flexibility index (Phi) is 3.54. The van der Waals surface area contributed by atoms with E-state index in [0.29, 0.717) is 12.7 Å². The van der Waals surface area contributed by atoms with Gasteiger partial charge < -0.3 is 14.6 Å². The predicted molar refractivity (Wildman–Crippen MR) is 83.8 cm³/mol. The Morgan fingerprint density at radius 3 is 2.77 bits per heavy atom. The van der Waals surface area contributed by atoms with E-state index >= 15 is 0 Å². The van der Waals surface area contributed by atoms with Crippen LogP contribution in [-0.2, 0) is 0 Å². The normalized spacial score (nSPS) is 30.1. The number of benzene rings is 1. The molecule has 0 amide bonds. The van der Waals surface area contributed by atoms with Gasteiger partial charge in [0.15, 0.2) is 11.5 Å². The highest BCUT2D eigenvalue weighted by molar-refractivity contribution is 5.45. The predicted octanol–water partition coefficient (Wildman–Crippen LogP) is 3.45. The number of ether oxygens (including phenoxy) is 2. The first-order valence-corrected chi connectivity index (χ1v) is 8.57. The fraction of sp³-hybridized carbons (Fsp3) is 0.667. The largest absolute Gasteiger partial charge is 0.454 e. The van der Waals surface area contributed by atoms with E-state index < -0.39 is 5.72 Å². The van der Waals surface area contributed by atoms with E-state index in [1.807, 2.05) is 6.07 Å². The van der Waals surface area contributed by atoms with Crippen LogP contribution in [0.4, 0.5) is 0 Å². The number of likely N-dealkylation sites (tertiary alicyclic amines) is 1. The summed E-state index contributed by atoms with van der Waals surface area (Å²) in [5.41, 5.74) is 0.578. The van der Waals surface area contributed by atoms with Gasteiger partial charge in [0.2, 0.25) is 6.79 Å². The van der Waals surface area contributed by atoms with Crippen LogP contribution in [0.3, 0.4) is 0 Å². The summed E-state index contributed by atoms with van der Waals surface area (Å²) in [5, 5.41) is 11.3. The van der Waals surface area contributed by atoms with Gasteiger partial charge in [-0.15, -0.1) is 0 Å². The van der Waals surface area contributed by atoms with E-state index in [1.165, 1.54) is 31.2 Å². The fourth-order valence-electron chi connectivity index (χ4n) is 4.56. The summed E-state index contributed by atoms with van der Waals surface area (Å²) in [5.74, 6) is 2.09. The molecule has 1 aliphatic carbocycles. The molecule has 4 heteroatoms. The highest BCUT2D eigenvalue weighted by Gasteiger charge is 2.48. The van der Waals surface area contributed by atoms with Crippen LogP contribution in [0.5, 0.6) is 11.5 Å². The number of hydrogen-bond acceptors (Lipinski definition) is 4. The lowest BCUT2D eigenvalue weighted by Gasteiger charge is -2.42. The Morgan fingerprint density at radius 1 is 1.18 bits per heavy atom. The van der Waals surface area contributed by atoms with E-state index in [4.69, 9.17) is 9.47 Å². The van der Waals surface area contributed by atoms with Crippen molar-refractivity contribution in [2.24, 2.45) is 5.92 Å². The topological polar surface area (TPSA) is 41.9 Å². The van der Waals surface area contributed by atoms with Crippen molar-refractivity contribution in [3.63, 3.8) is 0 Å². The second-order valence-electron chi connectivity index (χ2n) is 6.95. The molecule has 2 fully saturated rings. The molecule has 1 saturated carbocycles. The van der Waals surface area contributed by atoms with Gasteiger partial charge in [-0.25, -0.2) is 0 Å². The molecule has 2 heterocycles. The van der Waals surface area contributed by atoms with Gasteiger partial charge in [0.1, 0.15) is 5.72 Å². The molecular weight excluding hydrogens is 278 g/mol. The molecule has 120 valence electrons. The zero-order valence-corrected chi connectivity index (χ0v) is 13.3. The van der Waals surface area contributed by atoms with Crippen LogP contribution in [-0.4, -0.2) is 29.1 Å². The maximum Gasteiger partial charge on any atom is 0.231 e. The molecule has 4 nitrogen and oxygen atoms in total. The molecule has 2 aliphatic heterocycles. The van der Waals surface area contributed by atoms with Crippen molar-refractivity contribution in [2.45, 2.75) is 57.2 Å². The lowest BCUT2D eigenvalue weighted by atomic mass is 9.90. The van der Waals surface area contributed by atoms with Crippen molar-refractivity contribution in [3.05, 3.63) is 23.8 Å². The highest BCUT2D eigenvalue weighted by atomic mass is 16.7. The molecular formula is C18H25NO3. The molecule has 1 aromatic carbocycles. The number of rotatable bonds is 3. The first-order valence-electron chi connectivity index (χ1n) is 8.57. The van der Waals surface area contributed by atoms with E-state index in [-0.39, 0.29) is 6.04 Å². The van der Waals surface area contributed by atoms with E-state index in [0.717, 1.165) is 30.9 Å². The van der Waals surface area contributed by atoms with Crippen LogP contribution in [0.15, 0.2) is 18.2 Å². The zero-order valence-electron chi connectivity index (χ0n) is 13.3. The van der Waals surface area contributed by atoms with Gasteiger partial charge >= 0.3 is 0 Å². The molecule has 0 radical (unpaired) electrons. The fourth-order valence-corrected chi connectivity index (χ4v) is 4.56. The van der Waals surface area contributed by atoms with Crippen molar-refractivity contribution in [1.29, 1.82) is 0 Å². The Labute approximate surface area is 132 Å². The zero-order chi connectivity index (χ0) is 15.2. The molecule has 4 rings (SSSR count). The summed E-state index contributed by atoms with van der Waals surface area (Å²) >= 11 is 0. The highest BCUT2D eigenvalue weighted by Crippen LogP contribution is 2.46. The lowest BCUT2D eigenvalue weighted by molar-refractivity contribution is -0.139. The summed E-state index contributed by atoms with van der Waals surface area (Å²) in [6, 6.07) is 6.35. The van der Waals surface area contributed by atoms with E-state index in [1.54, 1.807) is 0 Å². The van der Waals surface area contributed by atoms with Crippen LogP contribution in [0, 0.1) is 5.92 Å². The molecule has 1 saturated heterocycles. The van der Waals surface area contributed by atoms with Crippen molar-refractivity contribution in [1.82, 2.24) is 4.90 Å². The summed E-state index contributed by atoms with van der Waals surface area (Å²) < 4.78 is 10.9. The second kappa shape index (κ2) is 5.43. The quantitative estimate of drug-likeness (QED) is 0.928. The first kappa shape index (κ1) is 14.3. The first-order chi connectivity index (χ1) is 10.7. The minimum Gasteiger partial charge on any atom is -0.454 e. The Bertz CT molecular complexity index is 555. The summed E-state index contributed by atoms with van der Waals surface area (Å²) in [6.45, 7) is 3.48. The molecule has 0 aromatic heterocycles. The number of fused-ring (bicyclic) bond motifs is 1. The Balaban J connectivity index is 1.59. The molecule has 22 heavy (non-hydrogen) atoms. The molecule has 0 spiro atoms. The van der Waals surface area contributed by atoms with Gasteiger partial charge in [0.25, 0.3) is 0 Å². The number of aliphatic hydroxyl groups is 1. The van der Waals surface area contributed by atoms with Crippen molar-refractivity contribution < 1.29 is 14.6 Å². The van der Waals surface area contributed by atoms with Crippen molar-refractivity contribution in [2.75, 3.05) is 13.3 Å². The third kappa shape index (κ3) is 2.20. The van der Waals surface area contributed by atoms with Gasteiger partial charge in [-0.2, -0.15) is 0 Å². The molecule has 1 aromatic rings. The van der Waals surface area contributed by atoms with Gasteiger partial charge in [-0.3, -0.25) is 4.90 Å². The Morgan fingerprint density at radius 2 is 1.95 bits per heavy atom. The molecule has 1 N–H and O–H groups in total. The summed E-state index contributed by atoms with van der Waals surface area (Å²) in [7, 11) is 0. The lowest BCUT2D eigenvalue weighted by Crippen LogP contribution is -2.50. The molecule has 2 atom stereocenters. The monoisotopic (exact) mass is 303 g/mol. The maximum atomic E-state index is 11.3. The van der Waals surface area contributed by atoms with Crippen molar-refractivity contribution in [3.8, 4) is 11.5 Å². The van der Waals surface area contributed by atoms with Gasteiger partial charge in [0, 0.05) is 18.5 Å². The second-order valence-corrected chi connectivity index (χ2v) is 6.95. The van der Waals surface area contributed by atoms with Crippen LogP contribution in [0.1, 0.15) is 57.1 Å². The summed E-state index contributed by atoms with van der Waals surface area (Å²) in [4.78, 5) is 2.32. The minimum absolute atomic E-state index is 0.197. The SMILES string of the molecule is CC(c1ccc2c(c1)OCO2)N1CCCC1(O)C1CCCC1. The van der Waals surface area contributed by atoms with Gasteiger partial charge in [-0.05, 0) is 50.3 Å². The molecule has 3 aliphatic rings. The van der Waals surface area contributed by atoms with Crippen molar-refractivity contribution >= 4 is 0 Å². The standard InChI is InChI=1S/C18H25NO3/c1-13(14-7-8-16-17(11-14)22-12-21-16)19-10-4-9-18(19,20)15-5-2-3-6-15/h7-8,11,13,15,20H,2-6,9-10,12H2,1H3. The number of hydrogen-bond donors (Lipinski definition) is 1. The van der Waals surface area contributed by atoms with Crippen LogP contribution in [0.25, 0.3) is 0 Å². The van der Waals surface area contributed by atoms with Crippen LogP contribution in [0.2, 0.25) is 0 Å². The average Bonchev–Trinajstić information content (AvgIpc) is 3.26. The smallest absolute Gasteiger partial charge is 0.231 e. The third-order valence-corrected chi connectivity index (χ3v) is 5.80. The number of nitrogens with zero attached hydrogens (tertiary/aromatic N) is 1. The summed E-state index contributed by atoms with van der Waals surface area (Å²) in [6.07, 6.45) is 6.86. The molecule has 2 unspecified atom stereocenters. The molecule has 0 bridgehead atoms. The van der Waals surface area contributed by atoms with Gasteiger partial charge in [0.05, 0.1) is 0 Å². The van der Waals surface area contributed by atoms with Crippen LogP contribution >= 0.6 is 0 Å². The van der Waals surface area contributed by atoms with E-state index in [2.05, 4.69) is 24.0 Å². The Hall–Kier alpha value is -1.26. The third-order valence-electron chi connectivity index (χ3n) is 5.80. The van der Waals surface area contributed by atoms with Gasteiger partial charge in [-0.1, -0.05) is 18.9 Å². The van der Waals surface area contributed by atoms with E-state index in [9.17, 15) is 5.11 Å².